The standard InChI is InChI=1S/C17H20FNO/c1-12(2)20-17-10-5-4-7-14(17)11-19-16-9-6-8-15(18)13(16)3/h4-10,12,19H,11H2,1-3H3. The fourth-order valence-corrected chi connectivity index (χ4v) is 2.01. The van der Waals surface area contributed by atoms with Crippen molar-refractivity contribution < 1.29 is 9.13 Å². The van der Waals surface area contributed by atoms with E-state index in [0.717, 1.165) is 17.0 Å². The van der Waals surface area contributed by atoms with Crippen molar-refractivity contribution in [2.24, 2.45) is 0 Å². The summed E-state index contributed by atoms with van der Waals surface area (Å²) in [6.07, 6.45) is 0.132. The molecule has 0 fully saturated rings. The predicted octanol–water partition coefficient (Wildman–Crippen LogP) is 4.53. The summed E-state index contributed by atoms with van der Waals surface area (Å²) in [6, 6.07) is 13.0. The monoisotopic (exact) mass is 273 g/mol. The highest BCUT2D eigenvalue weighted by Crippen LogP contribution is 2.23. The number of benzene rings is 2. The van der Waals surface area contributed by atoms with Crippen LogP contribution in [0.15, 0.2) is 42.5 Å². The predicted molar refractivity (Wildman–Crippen MR) is 80.7 cm³/mol. The van der Waals surface area contributed by atoms with Crippen LogP contribution in [-0.4, -0.2) is 6.10 Å². The molecule has 0 radical (unpaired) electrons. The summed E-state index contributed by atoms with van der Waals surface area (Å²) in [6.45, 7) is 6.38. The highest BCUT2D eigenvalue weighted by Gasteiger charge is 2.07. The third-order valence-electron chi connectivity index (χ3n) is 3.07. The first-order chi connectivity index (χ1) is 9.58. The van der Waals surface area contributed by atoms with Crippen LogP contribution in [0.25, 0.3) is 0 Å². The summed E-state index contributed by atoms with van der Waals surface area (Å²) in [5, 5.41) is 3.26. The molecule has 0 unspecified atom stereocenters. The zero-order chi connectivity index (χ0) is 14.5. The Labute approximate surface area is 119 Å². The van der Waals surface area contributed by atoms with Crippen molar-refractivity contribution in [2.75, 3.05) is 5.32 Å². The van der Waals surface area contributed by atoms with Crippen molar-refractivity contribution >= 4 is 5.69 Å². The maximum atomic E-state index is 13.5. The van der Waals surface area contributed by atoms with E-state index in [4.69, 9.17) is 4.74 Å². The molecule has 0 spiro atoms. The molecule has 0 saturated heterocycles. The number of nitrogens with one attached hydrogen (secondary N) is 1. The van der Waals surface area contributed by atoms with Crippen LogP contribution in [0.5, 0.6) is 5.75 Å². The van der Waals surface area contributed by atoms with E-state index in [1.54, 1.807) is 13.0 Å². The van der Waals surface area contributed by atoms with Gasteiger partial charge in [-0.3, -0.25) is 0 Å². The van der Waals surface area contributed by atoms with E-state index in [1.165, 1.54) is 6.07 Å². The normalized spacial score (nSPS) is 10.7. The lowest BCUT2D eigenvalue weighted by Crippen LogP contribution is -2.09. The smallest absolute Gasteiger partial charge is 0.128 e. The number of halogens is 1. The molecule has 0 saturated carbocycles. The van der Waals surface area contributed by atoms with E-state index in [2.05, 4.69) is 5.32 Å². The Morgan fingerprint density at radius 2 is 1.85 bits per heavy atom. The Bertz CT molecular complexity index is 581. The van der Waals surface area contributed by atoms with Gasteiger partial charge in [-0.05, 0) is 39.0 Å². The molecule has 106 valence electrons. The third-order valence-corrected chi connectivity index (χ3v) is 3.07. The molecule has 0 heterocycles. The number of rotatable bonds is 5. The molecule has 0 aliphatic heterocycles. The quantitative estimate of drug-likeness (QED) is 0.864. The van der Waals surface area contributed by atoms with E-state index >= 15 is 0 Å². The van der Waals surface area contributed by atoms with Crippen LogP contribution in [0, 0.1) is 12.7 Å². The lowest BCUT2D eigenvalue weighted by Gasteiger charge is -2.16. The van der Waals surface area contributed by atoms with Crippen molar-refractivity contribution in [1.29, 1.82) is 0 Å². The molecule has 1 N–H and O–H groups in total. The van der Waals surface area contributed by atoms with Gasteiger partial charge in [0, 0.05) is 23.4 Å². The van der Waals surface area contributed by atoms with E-state index in [-0.39, 0.29) is 11.9 Å². The molecule has 0 aliphatic carbocycles. The zero-order valence-electron chi connectivity index (χ0n) is 12.1. The summed E-state index contributed by atoms with van der Waals surface area (Å²) >= 11 is 0. The molecule has 20 heavy (non-hydrogen) atoms. The fraction of sp³-hybridized carbons (Fsp3) is 0.294. The van der Waals surface area contributed by atoms with E-state index < -0.39 is 0 Å². The number of para-hydroxylation sites is 1. The van der Waals surface area contributed by atoms with Crippen LogP contribution in [0.2, 0.25) is 0 Å². The third kappa shape index (κ3) is 3.50. The van der Waals surface area contributed by atoms with Crippen molar-refractivity contribution in [2.45, 2.75) is 33.4 Å². The van der Waals surface area contributed by atoms with Gasteiger partial charge in [0.1, 0.15) is 11.6 Å². The molecule has 2 aromatic carbocycles. The second-order valence-electron chi connectivity index (χ2n) is 5.04. The molecule has 0 bridgehead atoms. The molecule has 0 aromatic heterocycles. The minimum absolute atomic E-state index is 0.132. The summed E-state index contributed by atoms with van der Waals surface area (Å²) < 4.78 is 19.3. The second-order valence-corrected chi connectivity index (χ2v) is 5.04. The molecule has 0 aliphatic rings. The van der Waals surface area contributed by atoms with E-state index in [0.29, 0.717) is 12.1 Å². The van der Waals surface area contributed by atoms with Gasteiger partial charge in [-0.25, -0.2) is 4.39 Å². The van der Waals surface area contributed by atoms with Crippen LogP contribution in [0.4, 0.5) is 10.1 Å². The van der Waals surface area contributed by atoms with Gasteiger partial charge in [0.25, 0.3) is 0 Å². The lowest BCUT2D eigenvalue weighted by atomic mass is 10.1. The van der Waals surface area contributed by atoms with Gasteiger partial charge in [-0.15, -0.1) is 0 Å². The minimum atomic E-state index is -0.193. The van der Waals surface area contributed by atoms with Crippen LogP contribution < -0.4 is 10.1 Å². The zero-order valence-corrected chi connectivity index (χ0v) is 12.1. The van der Waals surface area contributed by atoms with Crippen LogP contribution >= 0.6 is 0 Å². The van der Waals surface area contributed by atoms with Gasteiger partial charge in [0.05, 0.1) is 6.10 Å². The Hall–Kier alpha value is -2.03. The lowest BCUT2D eigenvalue weighted by molar-refractivity contribution is 0.240. The Balaban J connectivity index is 2.13. The molecule has 2 rings (SSSR count). The van der Waals surface area contributed by atoms with Crippen LogP contribution in [0.1, 0.15) is 25.0 Å². The highest BCUT2D eigenvalue weighted by molar-refractivity contribution is 5.52. The first kappa shape index (κ1) is 14.4. The molecular weight excluding hydrogens is 253 g/mol. The number of ether oxygens (including phenoxy) is 1. The maximum Gasteiger partial charge on any atom is 0.128 e. The highest BCUT2D eigenvalue weighted by atomic mass is 19.1. The molecule has 3 heteroatoms. The first-order valence-corrected chi connectivity index (χ1v) is 6.81. The van der Waals surface area contributed by atoms with Gasteiger partial charge >= 0.3 is 0 Å². The second kappa shape index (κ2) is 6.42. The maximum absolute atomic E-state index is 13.5. The van der Waals surface area contributed by atoms with Gasteiger partial charge in [0.2, 0.25) is 0 Å². The molecular formula is C17H20FNO. The van der Waals surface area contributed by atoms with Crippen molar-refractivity contribution in [3.63, 3.8) is 0 Å². The summed E-state index contributed by atoms with van der Waals surface area (Å²) in [7, 11) is 0. The molecule has 2 nitrogen and oxygen atoms in total. The number of hydrogen-bond donors (Lipinski definition) is 1. The Kier molecular flexibility index (Phi) is 4.61. The average Bonchev–Trinajstić information content (AvgIpc) is 2.41. The summed E-state index contributed by atoms with van der Waals surface area (Å²) in [5.41, 5.74) is 2.50. The number of anilines is 1. The van der Waals surface area contributed by atoms with Gasteiger partial charge in [-0.2, -0.15) is 0 Å². The topological polar surface area (TPSA) is 21.3 Å². The summed E-state index contributed by atoms with van der Waals surface area (Å²) in [5.74, 6) is 0.672. The van der Waals surface area contributed by atoms with Gasteiger partial charge in [0.15, 0.2) is 0 Å². The summed E-state index contributed by atoms with van der Waals surface area (Å²) in [4.78, 5) is 0. The number of hydrogen-bond acceptors (Lipinski definition) is 2. The van der Waals surface area contributed by atoms with Crippen LogP contribution in [0.3, 0.4) is 0 Å². The minimum Gasteiger partial charge on any atom is -0.491 e. The first-order valence-electron chi connectivity index (χ1n) is 6.81. The van der Waals surface area contributed by atoms with E-state index in [1.807, 2.05) is 44.2 Å². The molecule has 0 atom stereocenters. The Morgan fingerprint density at radius 1 is 1.10 bits per heavy atom. The Morgan fingerprint density at radius 3 is 2.60 bits per heavy atom. The van der Waals surface area contributed by atoms with E-state index in [9.17, 15) is 4.39 Å². The SMILES string of the molecule is Cc1c(F)cccc1NCc1ccccc1OC(C)C. The average molecular weight is 273 g/mol. The fourth-order valence-electron chi connectivity index (χ4n) is 2.01. The van der Waals surface area contributed by atoms with Gasteiger partial charge in [-0.1, -0.05) is 24.3 Å². The molecule has 2 aromatic rings. The molecule has 0 amide bonds. The van der Waals surface area contributed by atoms with Crippen LogP contribution in [-0.2, 0) is 6.54 Å². The van der Waals surface area contributed by atoms with Crippen molar-refractivity contribution in [3.05, 3.63) is 59.4 Å². The van der Waals surface area contributed by atoms with Crippen molar-refractivity contribution in [1.82, 2.24) is 0 Å². The largest absolute Gasteiger partial charge is 0.491 e. The van der Waals surface area contributed by atoms with Crippen molar-refractivity contribution in [3.8, 4) is 5.75 Å². The van der Waals surface area contributed by atoms with Gasteiger partial charge < -0.3 is 10.1 Å².